The summed E-state index contributed by atoms with van der Waals surface area (Å²) in [4.78, 5) is -0.00805. The normalized spacial score (nSPS) is 11.8. The maximum Gasteiger partial charge on any atom is 0.282 e. The molecule has 2 heterocycles. The molecule has 0 atom stereocenters. The smallest absolute Gasteiger partial charge is 0.282 e. The van der Waals surface area contributed by atoms with Crippen molar-refractivity contribution >= 4 is 21.4 Å². The van der Waals surface area contributed by atoms with E-state index in [2.05, 4.69) is 20.6 Å². The second-order valence-corrected chi connectivity index (χ2v) is 5.97. The van der Waals surface area contributed by atoms with E-state index in [1.54, 1.807) is 12.1 Å². The molecule has 0 saturated heterocycles. The van der Waals surface area contributed by atoms with Crippen molar-refractivity contribution in [3.05, 3.63) is 28.9 Å². The lowest BCUT2D eigenvalue weighted by Crippen LogP contribution is -2.13. The van der Waals surface area contributed by atoms with E-state index in [0.717, 1.165) is 16.0 Å². The molecule has 0 spiro atoms. The first-order chi connectivity index (χ1) is 11.0. The molecule has 0 bridgehead atoms. The predicted octanol–water partition coefficient (Wildman–Crippen LogP) is 3.16. The number of hydrogen-bond donors (Lipinski definition) is 1. The summed E-state index contributed by atoms with van der Waals surface area (Å²) in [6, 6.07) is 4.89. The van der Waals surface area contributed by atoms with Crippen molar-refractivity contribution in [3.8, 4) is 11.5 Å². The molecule has 0 radical (unpaired) electrons. The van der Waals surface area contributed by atoms with Gasteiger partial charge in [-0.2, -0.15) is 5.21 Å². The number of aryl methyl sites for hydroxylation is 1. The third-order valence-corrected chi connectivity index (χ3v) is 4.64. The van der Waals surface area contributed by atoms with Gasteiger partial charge >= 0.3 is 0 Å². The Morgan fingerprint density at radius 2 is 1.91 bits per heavy atom. The van der Waals surface area contributed by atoms with Gasteiger partial charge in [0, 0.05) is 23.6 Å². The quantitative estimate of drug-likeness (QED) is 0.746. The van der Waals surface area contributed by atoms with Gasteiger partial charge in [-0.15, -0.1) is 21.5 Å². The molecular formula is C14H14F2N4O2S. The van der Waals surface area contributed by atoms with E-state index in [4.69, 9.17) is 9.47 Å². The fraction of sp³-hybridized carbons (Fsp3) is 0.357. The van der Waals surface area contributed by atoms with Crippen LogP contribution in [0.1, 0.15) is 17.1 Å². The number of ether oxygens (including phenoxy) is 2. The number of halogens is 2. The van der Waals surface area contributed by atoms with Crippen LogP contribution in [-0.2, 0) is 12.3 Å². The van der Waals surface area contributed by atoms with Gasteiger partial charge in [-0.25, -0.2) is 8.78 Å². The molecule has 0 aliphatic carbocycles. The van der Waals surface area contributed by atoms with E-state index < -0.39 is 5.92 Å². The lowest BCUT2D eigenvalue weighted by molar-refractivity contribution is -0.00957. The molecule has 9 heteroatoms. The van der Waals surface area contributed by atoms with E-state index in [0.29, 0.717) is 16.9 Å². The molecule has 0 amide bonds. The highest BCUT2D eigenvalue weighted by Gasteiger charge is 2.34. The van der Waals surface area contributed by atoms with Crippen LogP contribution in [0.3, 0.4) is 0 Å². The minimum Gasteiger partial charge on any atom is -0.493 e. The second kappa shape index (κ2) is 6.07. The van der Waals surface area contributed by atoms with Gasteiger partial charge < -0.3 is 9.47 Å². The van der Waals surface area contributed by atoms with Gasteiger partial charge in [-0.1, -0.05) is 5.21 Å². The van der Waals surface area contributed by atoms with Crippen LogP contribution in [-0.4, -0.2) is 34.8 Å². The van der Waals surface area contributed by atoms with E-state index in [1.165, 1.54) is 20.3 Å². The molecule has 0 saturated carbocycles. The number of nitrogens with one attached hydrogen (secondary N) is 1. The maximum absolute atomic E-state index is 14.4. The van der Waals surface area contributed by atoms with Crippen LogP contribution in [0.15, 0.2) is 18.2 Å². The molecule has 0 aliphatic heterocycles. The average Bonchev–Trinajstić information content (AvgIpc) is 3.20. The van der Waals surface area contributed by atoms with Crippen molar-refractivity contribution in [1.82, 2.24) is 20.6 Å². The Balaban J connectivity index is 1.89. The van der Waals surface area contributed by atoms with Gasteiger partial charge in [-0.3, -0.25) is 0 Å². The van der Waals surface area contributed by atoms with Crippen LogP contribution in [0.4, 0.5) is 8.78 Å². The first-order valence-corrected chi connectivity index (χ1v) is 7.61. The zero-order valence-electron chi connectivity index (χ0n) is 12.5. The molecule has 6 nitrogen and oxygen atoms in total. The number of tetrazole rings is 1. The Labute approximate surface area is 134 Å². The summed E-state index contributed by atoms with van der Waals surface area (Å²) in [5.41, 5.74) is 0. The van der Waals surface area contributed by atoms with Crippen molar-refractivity contribution < 1.29 is 18.3 Å². The largest absolute Gasteiger partial charge is 0.493 e. The fourth-order valence-electron chi connectivity index (χ4n) is 2.23. The minimum absolute atomic E-state index is 0.00805. The number of methoxy groups -OCH3 is 2. The summed E-state index contributed by atoms with van der Waals surface area (Å²) in [7, 11) is 3.02. The average molecular weight is 340 g/mol. The highest BCUT2D eigenvalue weighted by atomic mass is 32.1. The molecule has 3 rings (SSSR count). The molecular weight excluding hydrogens is 326 g/mol. The number of alkyl halides is 2. The summed E-state index contributed by atoms with van der Waals surface area (Å²) in [6.07, 6.45) is -0.335. The first-order valence-electron chi connectivity index (χ1n) is 6.79. The van der Waals surface area contributed by atoms with Crippen molar-refractivity contribution in [3.63, 3.8) is 0 Å². The number of thiophene rings is 1. The summed E-state index contributed by atoms with van der Waals surface area (Å²) in [6.45, 7) is 0. The molecule has 23 heavy (non-hydrogen) atoms. The molecule has 1 aromatic carbocycles. The van der Waals surface area contributed by atoms with Crippen LogP contribution in [0.2, 0.25) is 0 Å². The Morgan fingerprint density at radius 3 is 2.57 bits per heavy atom. The van der Waals surface area contributed by atoms with Gasteiger partial charge in [0.2, 0.25) is 0 Å². The maximum atomic E-state index is 14.4. The van der Waals surface area contributed by atoms with Gasteiger partial charge in [0.05, 0.1) is 19.1 Å². The molecule has 0 unspecified atom stereocenters. The Hall–Kier alpha value is -2.29. The highest BCUT2D eigenvalue weighted by molar-refractivity contribution is 7.19. The second-order valence-electron chi connectivity index (χ2n) is 4.89. The van der Waals surface area contributed by atoms with Crippen molar-refractivity contribution in [2.24, 2.45) is 0 Å². The lowest BCUT2D eigenvalue weighted by Gasteiger charge is -2.12. The zero-order valence-corrected chi connectivity index (χ0v) is 13.3. The minimum atomic E-state index is -2.97. The fourth-order valence-corrected chi connectivity index (χ4v) is 3.30. The van der Waals surface area contributed by atoms with Gasteiger partial charge in [0.1, 0.15) is 0 Å². The third-order valence-electron chi connectivity index (χ3n) is 3.43. The number of benzene rings is 1. The number of H-pyrrole nitrogens is 1. The van der Waals surface area contributed by atoms with Crippen molar-refractivity contribution in [1.29, 1.82) is 0 Å². The van der Waals surface area contributed by atoms with Crippen LogP contribution in [0.5, 0.6) is 11.5 Å². The number of nitrogens with zero attached hydrogens (tertiary/aromatic N) is 3. The Kier molecular flexibility index (Phi) is 4.12. The number of aromatic amines is 1. The first kappa shape index (κ1) is 15.6. The van der Waals surface area contributed by atoms with E-state index >= 15 is 0 Å². The summed E-state index contributed by atoms with van der Waals surface area (Å²) in [5, 5.41) is 13.7. The van der Waals surface area contributed by atoms with E-state index in [9.17, 15) is 8.78 Å². The van der Waals surface area contributed by atoms with E-state index in [1.807, 2.05) is 0 Å². The van der Waals surface area contributed by atoms with E-state index in [-0.39, 0.29) is 23.5 Å². The predicted molar refractivity (Wildman–Crippen MR) is 81.3 cm³/mol. The molecule has 122 valence electrons. The third kappa shape index (κ3) is 3.09. The van der Waals surface area contributed by atoms with Crippen molar-refractivity contribution in [2.45, 2.75) is 18.8 Å². The Bertz CT molecular complexity index is 764. The number of aromatic nitrogens is 4. The van der Waals surface area contributed by atoms with Gasteiger partial charge in [0.15, 0.2) is 17.3 Å². The number of rotatable bonds is 6. The lowest BCUT2D eigenvalue weighted by atomic mass is 10.1. The number of fused-ring (bicyclic) bond motifs is 1. The number of hydrogen-bond acceptors (Lipinski definition) is 6. The monoisotopic (exact) mass is 340 g/mol. The SMILES string of the molecule is COc1cc2cc(C(F)(F)CCc3nn[nH]n3)sc2cc1OC. The standard InChI is InChI=1S/C14H14F2N4O2S/c1-21-9-5-8-6-12(23-11(8)7-10(9)22-2)14(15,16)4-3-13-17-19-20-18-13/h5-7H,3-4H2,1-2H3,(H,17,18,19,20). The molecule has 3 aromatic rings. The van der Waals surface area contributed by atoms with Gasteiger partial charge in [-0.05, 0) is 17.5 Å². The van der Waals surface area contributed by atoms with Crippen LogP contribution in [0, 0.1) is 0 Å². The molecule has 0 fully saturated rings. The summed E-state index contributed by atoms with van der Waals surface area (Å²) < 4.78 is 39.9. The zero-order chi connectivity index (χ0) is 16.4. The summed E-state index contributed by atoms with van der Waals surface area (Å²) >= 11 is 1.04. The topological polar surface area (TPSA) is 72.9 Å². The summed E-state index contributed by atoms with van der Waals surface area (Å²) in [5.74, 6) is -1.66. The molecule has 2 aromatic heterocycles. The van der Waals surface area contributed by atoms with Crippen molar-refractivity contribution in [2.75, 3.05) is 14.2 Å². The van der Waals surface area contributed by atoms with Crippen LogP contribution >= 0.6 is 11.3 Å². The van der Waals surface area contributed by atoms with Crippen LogP contribution in [0.25, 0.3) is 10.1 Å². The molecule has 1 N–H and O–H groups in total. The van der Waals surface area contributed by atoms with Crippen LogP contribution < -0.4 is 9.47 Å². The molecule has 0 aliphatic rings. The Morgan fingerprint density at radius 1 is 1.17 bits per heavy atom. The van der Waals surface area contributed by atoms with Gasteiger partial charge in [0.25, 0.3) is 5.92 Å². The highest BCUT2D eigenvalue weighted by Crippen LogP contribution is 2.43.